The van der Waals surface area contributed by atoms with Crippen LogP contribution in [0.3, 0.4) is 0 Å². The van der Waals surface area contributed by atoms with Gasteiger partial charge in [0.1, 0.15) is 19.3 Å². The van der Waals surface area contributed by atoms with Crippen LogP contribution in [-0.4, -0.2) is 96.7 Å². The number of ether oxygens (including phenoxy) is 4. The molecule has 0 spiro atoms. The standard InChI is InChI=1S/C36H68O17P2/c1-5-8-11-13-14-15-16-18-20-23-36(41)53-33(27-47-34(39)21-10-7-3)29-51-55(44,45)49-25-31(38)24-48-54(42,43)50-28-32(26-46-30(4)37)52-35(40)22-19-17-12-9-6-2/h31-33,38H,5-29H2,1-4H3,(H,42,43)(H,44,45)/t31-,32+,33+/m0/s1. The highest BCUT2D eigenvalue weighted by Crippen LogP contribution is 2.45. The third kappa shape index (κ3) is 33.9. The minimum Gasteiger partial charge on any atom is -0.462 e. The van der Waals surface area contributed by atoms with Crippen molar-refractivity contribution in [2.24, 2.45) is 0 Å². The molecule has 0 aromatic carbocycles. The van der Waals surface area contributed by atoms with Gasteiger partial charge in [-0.05, 0) is 19.3 Å². The molecule has 0 aliphatic carbocycles. The topological polar surface area (TPSA) is 237 Å². The third-order valence-corrected chi connectivity index (χ3v) is 9.81. The molecule has 0 aliphatic heterocycles. The van der Waals surface area contributed by atoms with Crippen LogP contribution in [0, 0.1) is 0 Å². The highest BCUT2D eigenvalue weighted by Gasteiger charge is 2.30. The second-order valence-electron chi connectivity index (χ2n) is 13.3. The lowest BCUT2D eigenvalue weighted by Crippen LogP contribution is -2.30. The van der Waals surface area contributed by atoms with Crippen LogP contribution >= 0.6 is 15.6 Å². The molecule has 0 fully saturated rings. The van der Waals surface area contributed by atoms with Crippen LogP contribution in [0.5, 0.6) is 0 Å². The molecule has 0 amide bonds. The van der Waals surface area contributed by atoms with Crippen LogP contribution in [0.25, 0.3) is 0 Å². The summed E-state index contributed by atoms with van der Waals surface area (Å²) in [6.45, 7) is 3.24. The lowest BCUT2D eigenvalue weighted by molar-refractivity contribution is -0.161. The molecule has 5 atom stereocenters. The molecule has 19 heteroatoms. The van der Waals surface area contributed by atoms with Crippen LogP contribution in [0.2, 0.25) is 0 Å². The zero-order chi connectivity index (χ0) is 41.4. The summed E-state index contributed by atoms with van der Waals surface area (Å²) in [5.41, 5.74) is 0. The fourth-order valence-corrected chi connectivity index (χ4v) is 6.38. The minimum atomic E-state index is -4.89. The summed E-state index contributed by atoms with van der Waals surface area (Å²) in [6.07, 6.45) is 11.5. The molecule has 324 valence electrons. The number of aliphatic hydroxyl groups is 1. The molecule has 55 heavy (non-hydrogen) atoms. The van der Waals surface area contributed by atoms with Crippen LogP contribution < -0.4 is 0 Å². The van der Waals surface area contributed by atoms with Gasteiger partial charge < -0.3 is 33.8 Å². The molecule has 2 unspecified atom stereocenters. The third-order valence-electron chi connectivity index (χ3n) is 7.91. The largest absolute Gasteiger partial charge is 0.472 e. The maximum Gasteiger partial charge on any atom is 0.472 e. The summed E-state index contributed by atoms with van der Waals surface area (Å²) in [4.78, 5) is 68.2. The Morgan fingerprint density at radius 1 is 0.473 bits per heavy atom. The van der Waals surface area contributed by atoms with Crippen molar-refractivity contribution in [1.29, 1.82) is 0 Å². The van der Waals surface area contributed by atoms with Gasteiger partial charge in [-0.15, -0.1) is 0 Å². The summed E-state index contributed by atoms with van der Waals surface area (Å²) in [7, 11) is -9.76. The molecule has 0 rings (SSSR count). The Morgan fingerprint density at radius 3 is 1.22 bits per heavy atom. The van der Waals surface area contributed by atoms with E-state index in [2.05, 4.69) is 13.8 Å². The van der Waals surface area contributed by atoms with E-state index in [1.54, 1.807) is 0 Å². The van der Waals surface area contributed by atoms with Gasteiger partial charge in [-0.2, -0.15) is 0 Å². The first-order chi connectivity index (χ1) is 26.1. The van der Waals surface area contributed by atoms with Crippen LogP contribution in [0.4, 0.5) is 0 Å². The number of esters is 4. The van der Waals surface area contributed by atoms with Crippen LogP contribution in [0.1, 0.15) is 150 Å². The Labute approximate surface area is 327 Å². The van der Waals surface area contributed by atoms with Gasteiger partial charge in [-0.1, -0.05) is 104 Å². The monoisotopic (exact) mass is 834 g/mol. The van der Waals surface area contributed by atoms with E-state index in [0.29, 0.717) is 19.3 Å². The fourth-order valence-electron chi connectivity index (χ4n) is 4.80. The number of phosphoric acid groups is 2. The Morgan fingerprint density at radius 2 is 0.818 bits per heavy atom. The first-order valence-corrected chi connectivity index (χ1v) is 22.7. The number of phosphoric ester groups is 2. The minimum absolute atomic E-state index is 0.0932. The predicted molar refractivity (Wildman–Crippen MR) is 202 cm³/mol. The lowest BCUT2D eigenvalue weighted by Gasteiger charge is -2.21. The van der Waals surface area contributed by atoms with Crippen molar-refractivity contribution in [3.63, 3.8) is 0 Å². The Balaban J connectivity index is 4.88. The second kappa shape index (κ2) is 33.1. The molecule has 0 saturated carbocycles. The highest BCUT2D eigenvalue weighted by atomic mass is 31.2. The van der Waals surface area contributed by atoms with E-state index in [1.165, 1.54) is 25.7 Å². The zero-order valence-electron chi connectivity index (χ0n) is 33.4. The summed E-state index contributed by atoms with van der Waals surface area (Å²) in [5.74, 6) is -2.41. The number of unbranched alkanes of at least 4 members (excludes halogenated alkanes) is 13. The number of carbonyl (C=O) groups excluding carboxylic acids is 4. The van der Waals surface area contributed by atoms with Crippen molar-refractivity contribution >= 4 is 39.5 Å². The average molecular weight is 835 g/mol. The van der Waals surface area contributed by atoms with Crippen LogP contribution in [-0.2, 0) is 65.4 Å². The molecular formula is C36H68O17P2. The summed E-state index contributed by atoms with van der Waals surface area (Å²) in [5, 5.41) is 10.2. The van der Waals surface area contributed by atoms with Gasteiger partial charge in [-0.25, -0.2) is 9.13 Å². The highest BCUT2D eigenvalue weighted by molar-refractivity contribution is 7.47. The predicted octanol–water partition coefficient (Wildman–Crippen LogP) is 7.02. The van der Waals surface area contributed by atoms with Crippen LogP contribution in [0.15, 0.2) is 0 Å². The smallest absolute Gasteiger partial charge is 0.462 e. The maximum atomic E-state index is 12.5. The normalized spacial score (nSPS) is 15.3. The Hall–Kier alpha value is -1.94. The molecular weight excluding hydrogens is 766 g/mol. The lowest BCUT2D eigenvalue weighted by atomic mass is 10.1. The van der Waals surface area contributed by atoms with Gasteiger partial charge in [-0.3, -0.25) is 37.3 Å². The Bertz CT molecular complexity index is 1140. The molecule has 0 aromatic heterocycles. The van der Waals surface area contributed by atoms with E-state index in [4.69, 9.17) is 37.0 Å². The van der Waals surface area contributed by atoms with Crippen molar-refractivity contribution < 1.29 is 80.2 Å². The van der Waals surface area contributed by atoms with Gasteiger partial charge in [0.2, 0.25) is 0 Å². The summed E-state index contributed by atoms with van der Waals surface area (Å²) >= 11 is 0. The maximum absolute atomic E-state index is 12.5. The van der Waals surface area contributed by atoms with Crippen molar-refractivity contribution in [3.05, 3.63) is 0 Å². The van der Waals surface area contributed by atoms with Gasteiger partial charge >= 0.3 is 39.5 Å². The summed E-state index contributed by atoms with van der Waals surface area (Å²) < 4.78 is 64.9. The Kier molecular flexibility index (Phi) is 31.9. The van der Waals surface area contributed by atoms with Gasteiger partial charge in [0.05, 0.1) is 26.4 Å². The zero-order valence-corrected chi connectivity index (χ0v) is 35.2. The van der Waals surface area contributed by atoms with Gasteiger partial charge in [0, 0.05) is 26.2 Å². The first-order valence-electron chi connectivity index (χ1n) is 19.7. The van der Waals surface area contributed by atoms with E-state index in [0.717, 1.165) is 64.7 Å². The number of hydrogen-bond acceptors (Lipinski definition) is 15. The average Bonchev–Trinajstić information content (AvgIpc) is 3.13. The molecule has 0 radical (unpaired) electrons. The molecule has 17 nitrogen and oxygen atoms in total. The molecule has 0 aliphatic rings. The molecule has 0 saturated heterocycles. The van der Waals surface area contributed by atoms with E-state index in [1.807, 2.05) is 6.92 Å². The van der Waals surface area contributed by atoms with E-state index < -0.39 is 97.5 Å². The van der Waals surface area contributed by atoms with E-state index >= 15 is 0 Å². The van der Waals surface area contributed by atoms with E-state index in [9.17, 15) is 43.2 Å². The second-order valence-corrected chi connectivity index (χ2v) is 16.2. The first kappa shape index (κ1) is 53.1. The summed E-state index contributed by atoms with van der Waals surface area (Å²) in [6, 6.07) is 0. The van der Waals surface area contributed by atoms with Gasteiger partial charge in [0.15, 0.2) is 12.2 Å². The fraction of sp³-hybridized carbons (Fsp3) is 0.889. The molecule has 3 N–H and O–H groups in total. The SMILES string of the molecule is CCCCCCCCCCCC(=O)O[C@H](COC(=O)CCCC)COP(=O)(O)OC[C@@H](O)COP(=O)(O)OC[C@@H](COC(C)=O)OC(=O)CCCCCCC. The number of rotatable bonds is 37. The number of carbonyl (C=O) groups is 4. The molecule has 0 aromatic rings. The quantitative estimate of drug-likeness (QED) is 0.0247. The van der Waals surface area contributed by atoms with Crippen molar-refractivity contribution in [1.82, 2.24) is 0 Å². The molecule has 0 heterocycles. The number of hydrogen-bond donors (Lipinski definition) is 3. The van der Waals surface area contributed by atoms with Crippen molar-refractivity contribution in [2.75, 3.05) is 39.6 Å². The molecule has 0 bridgehead atoms. The van der Waals surface area contributed by atoms with E-state index in [-0.39, 0.29) is 19.3 Å². The van der Waals surface area contributed by atoms with Crippen molar-refractivity contribution in [2.45, 2.75) is 168 Å². The van der Waals surface area contributed by atoms with Gasteiger partial charge in [0.25, 0.3) is 0 Å². The van der Waals surface area contributed by atoms with Crippen molar-refractivity contribution in [3.8, 4) is 0 Å². The number of aliphatic hydroxyl groups excluding tert-OH is 1.